The van der Waals surface area contributed by atoms with Gasteiger partial charge >= 0.3 is 5.97 Å². The molecule has 0 spiro atoms. The Bertz CT molecular complexity index is 429. The van der Waals surface area contributed by atoms with Gasteiger partial charge in [0, 0.05) is 6.04 Å². The normalized spacial score (nSPS) is 13.0. The number of rotatable bonds is 4. The summed E-state index contributed by atoms with van der Waals surface area (Å²) >= 11 is 0. The third kappa shape index (κ3) is 4.06. The Morgan fingerprint density at radius 1 is 1.41 bits per heavy atom. The molecule has 0 fully saturated rings. The van der Waals surface area contributed by atoms with E-state index in [1.54, 1.807) is 19.1 Å². The smallest absolute Gasteiger partial charge is 0.320 e. The predicted molar refractivity (Wildman–Crippen MR) is 67.1 cm³/mol. The number of benzene rings is 1. The van der Waals surface area contributed by atoms with Gasteiger partial charge in [-0.1, -0.05) is 18.2 Å². The average molecular weight is 255 g/mol. The highest BCUT2D eigenvalue weighted by Gasteiger charge is 2.16. The molecule has 0 aliphatic carbocycles. The van der Waals surface area contributed by atoms with Gasteiger partial charge in [-0.3, -0.25) is 10.1 Å². The van der Waals surface area contributed by atoms with Crippen molar-refractivity contribution in [1.82, 2.24) is 5.32 Å². The van der Waals surface area contributed by atoms with Gasteiger partial charge < -0.3 is 5.11 Å². The van der Waals surface area contributed by atoms with Gasteiger partial charge in [0.05, 0.1) is 11.6 Å². The lowest BCUT2D eigenvalue weighted by molar-refractivity contribution is -0.139. The van der Waals surface area contributed by atoms with Gasteiger partial charge in [-0.15, -0.1) is 12.4 Å². The minimum atomic E-state index is -0.902. The van der Waals surface area contributed by atoms with Crippen LogP contribution in [0.2, 0.25) is 0 Å². The van der Waals surface area contributed by atoms with Gasteiger partial charge in [0.1, 0.15) is 6.04 Å². The number of aliphatic carboxylic acids is 1. The van der Waals surface area contributed by atoms with Crippen molar-refractivity contribution in [3.8, 4) is 6.07 Å². The molecular weight excluding hydrogens is 240 g/mol. The second-order valence-electron chi connectivity index (χ2n) is 3.65. The number of carboxylic acids is 1. The van der Waals surface area contributed by atoms with E-state index in [2.05, 4.69) is 11.4 Å². The zero-order valence-electron chi connectivity index (χ0n) is 9.68. The van der Waals surface area contributed by atoms with E-state index in [0.29, 0.717) is 5.56 Å². The van der Waals surface area contributed by atoms with E-state index in [-0.39, 0.29) is 18.4 Å². The Kier molecular flexibility index (Phi) is 6.26. The second-order valence-corrected chi connectivity index (χ2v) is 3.65. The van der Waals surface area contributed by atoms with Crippen LogP contribution in [0.25, 0.3) is 0 Å². The molecule has 5 heteroatoms. The first-order valence-electron chi connectivity index (χ1n) is 5.04. The van der Waals surface area contributed by atoms with Crippen molar-refractivity contribution >= 4 is 18.4 Å². The fourth-order valence-electron chi connectivity index (χ4n) is 1.51. The van der Waals surface area contributed by atoms with E-state index >= 15 is 0 Å². The zero-order valence-corrected chi connectivity index (χ0v) is 10.5. The van der Waals surface area contributed by atoms with Crippen LogP contribution in [0.4, 0.5) is 0 Å². The van der Waals surface area contributed by atoms with Crippen molar-refractivity contribution in [1.29, 1.82) is 5.26 Å². The molecule has 0 saturated heterocycles. The molecule has 1 rings (SSSR count). The van der Waals surface area contributed by atoms with Crippen LogP contribution in [0.1, 0.15) is 31.0 Å². The summed E-state index contributed by atoms with van der Waals surface area (Å²) in [6.45, 7) is 3.42. The van der Waals surface area contributed by atoms with Gasteiger partial charge in [-0.25, -0.2) is 0 Å². The molecule has 0 saturated carbocycles. The van der Waals surface area contributed by atoms with E-state index in [0.717, 1.165) is 5.56 Å². The molecule has 0 aromatic heterocycles. The number of hydrogen-bond acceptors (Lipinski definition) is 3. The molecule has 0 amide bonds. The maximum atomic E-state index is 10.7. The lowest BCUT2D eigenvalue weighted by atomic mass is 10.0. The molecule has 2 N–H and O–H groups in total. The van der Waals surface area contributed by atoms with Gasteiger partial charge in [0.25, 0.3) is 0 Å². The van der Waals surface area contributed by atoms with Crippen LogP contribution in [-0.2, 0) is 4.79 Å². The van der Waals surface area contributed by atoms with Crippen LogP contribution in [0.3, 0.4) is 0 Å². The van der Waals surface area contributed by atoms with Crippen molar-refractivity contribution in [2.24, 2.45) is 0 Å². The summed E-state index contributed by atoms with van der Waals surface area (Å²) in [6, 6.07) is 8.45. The monoisotopic (exact) mass is 254 g/mol. The highest BCUT2D eigenvalue weighted by atomic mass is 35.5. The van der Waals surface area contributed by atoms with Gasteiger partial charge in [-0.05, 0) is 25.5 Å². The van der Waals surface area contributed by atoms with Crippen molar-refractivity contribution in [2.75, 3.05) is 0 Å². The zero-order chi connectivity index (χ0) is 12.1. The fraction of sp³-hybridized carbons (Fsp3) is 0.333. The molecule has 2 atom stereocenters. The highest BCUT2D eigenvalue weighted by molar-refractivity contribution is 5.85. The molecule has 17 heavy (non-hydrogen) atoms. The van der Waals surface area contributed by atoms with Crippen LogP contribution in [0.5, 0.6) is 0 Å². The van der Waals surface area contributed by atoms with E-state index in [9.17, 15) is 4.79 Å². The number of nitriles is 1. The summed E-state index contributed by atoms with van der Waals surface area (Å²) in [7, 11) is 0. The van der Waals surface area contributed by atoms with E-state index < -0.39 is 12.0 Å². The first-order valence-corrected chi connectivity index (χ1v) is 5.04. The van der Waals surface area contributed by atoms with Crippen LogP contribution in [0.15, 0.2) is 24.3 Å². The first-order chi connectivity index (χ1) is 7.56. The number of nitrogens with zero attached hydrogens (tertiary/aromatic N) is 1. The third-order valence-electron chi connectivity index (χ3n) is 2.42. The summed E-state index contributed by atoms with van der Waals surface area (Å²) in [4.78, 5) is 10.7. The van der Waals surface area contributed by atoms with Gasteiger partial charge in [0.2, 0.25) is 0 Å². The Hall–Kier alpha value is -1.57. The molecule has 92 valence electrons. The number of carbonyl (C=O) groups is 1. The van der Waals surface area contributed by atoms with Crippen LogP contribution in [-0.4, -0.2) is 17.1 Å². The molecule has 0 bridgehead atoms. The Morgan fingerprint density at radius 3 is 2.53 bits per heavy atom. The van der Waals surface area contributed by atoms with E-state index in [4.69, 9.17) is 10.4 Å². The van der Waals surface area contributed by atoms with Gasteiger partial charge in [0.15, 0.2) is 0 Å². The quantitative estimate of drug-likeness (QED) is 0.863. The SMILES string of the molecule is CC(NC(C)c1ccccc1C#N)C(=O)O.Cl. The number of nitrogens with one attached hydrogen (secondary N) is 1. The van der Waals surface area contributed by atoms with Crippen molar-refractivity contribution in [3.63, 3.8) is 0 Å². The van der Waals surface area contributed by atoms with E-state index in [1.807, 2.05) is 19.1 Å². The molecule has 4 nitrogen and oxygen atoms in total. The van der Waals surface area contributed by atoms with Crippen LogP contribution in [0, 0.1) is 11.3 Å². The molecule has 0 radical (unpaired) electrons. The molecule has 0 heterocycles. The summed E-state index contributed by atoms with van der Waals surface area (Å²) in [5, 5.41) is 20.6. The predicted octanol–water partition coefficient (Wildman–Crippen LogP) is 2.10. The standard InChI is InChI=1S/C12H14N2O2.ClH/c1-8(14-9(2)12(15)16)11-6-4-3-5-10(11)7-13;/h3-6,8-9,14H,1-2H3,(H,15,16);1H. The average Bonchev–Trinajstić information content (AvgIpc) is 2.28. The summed E-state index contributed by atoms with van der Waals surface area (Å²) in [5.41, 5.74) is 1.39. The Morgan fingerprint density at radius 2 is 2.00 bits per heavy atom. The van der Waals surface area contributed by atoms with Crippen molar-refractivity contribution in [3.05, 3.63) is 35.4 Å². The Labute approximate surface area is 107 Å². The number of carboxylic acid groups (broad SMARTS) is 1. The molecule has 0 aliphatic rings. The van der Waals surface area contributed by atoms with Gasteiger partial charge in [-0.2, -0.15) is 5.26 Å². The lowest BCUT2D eigenvalue weighted by Gasteiger charge is -2.18. The summed E-state index contributed by atoms with van der Waals surface area (Å²) < 4.78 is 0. The summed E-state index contributed by atoms with van der Waals surface area (Å²) in [5.74, 6) is -0.902. The van der Waals surface area contributed by atoms with Crippen LogP contribution >= 0.6 is 12.4 Å². The fourth-order valence-corrected chi connectivity index (χ4v) is 1.51. The lowest BCUT2D eigenvalue weighted by Crippen LogP contribution is -2.35. The minimum Gasteiger partial charge on any atom is -0.480 e. The highest BCUT2D eigenvalue weighted by Crippen LogP contribution is 2.17. The topological polar surface area (TPSA) is 73.1 Å². The molecule has 1 aromatic carbocycles. The largest absolute Gasteiger partial charge is 0.480 e. The first kappa shape index (κ1) is 15.4. The third-order valence-corrected chi connectivity index (χ3v) is 2.42. The maximum Gasteiger partial charge on any atom is 0.320 e. The summed E-state index contributed by atoms with van der Waals surface area (Å²) in [6.07, 6.45) is 0. The Balaban J connectivity index is 0.00000256. The van der Waals surface area contributed by atoms with Crippen molar-refractivity contribution in [2.45, 2.75) is 25.9 Å². The maximum absolute atomic E-state index is 10.7. The number of hydrogen-bond donors (Lipinski definition) is 2. The molecule has 0 aliphatic heterocycles. The second kappa shape index (κ2) is 6.89. The van der Waals surface area contributed by atoms with Crippen LogP contribution < -0.4 is 5.32 Å². The molecule has 1 aromatic rings. The minimum absolute atomic E-state index is 0. The number of halogens is 1. The van der Waals surface area contributed by atoms with E-state index in [1.165, 1.54) is 0 Å². The van der Waals surface area contributed by atoms with Crippen molar-refractivity contribution < 1.29 is 9.90 Å². The molecular formula is C12H15ClN2O2. The molecule has 2 unspecified atom stereocenters.